The second-order valence-corrected chi connectivity index (χ2v) is 7.50. The van der Waals surface area contributed by atoms with Crippen molar-refractivity contribution in [3.63, 3.8) is 0 Å². The molecule has 1 spiro atoms. The first-order valence-electron chi connectivity index (χ1n) is 9.37. The summed E-state index contributed by atoms with van der Waals surface area (Å²) in [7, 11) is 0. The highest BCUT2D eigenvalue weighted by molar-refractivity contribution is 5.98. The van der Waals surface area contributed by atoms with Gasteiger partial charge in [0.2, 0.25) is 29.5 Å². The van der Waals surface area contributed by atoms with Gasteiger partial charge in [0, 0.05) is 26.2 Å². The number of hydrogen-bond donors (Lipinski definition) is 2. The molecule has 3 rings (SSSR count). The summed E-state index contributed by atoms with van der Waals surface area (Å²) >= 11 is 0. The number of piperazine rings is 2. The molecule has 154 valence electrons. The number of nitrogens with zero attached hydrogens (tertiary/aromatic N) is 4. The minimum absolute atomic E-state index is 0.140. The Kier molecular flexibility index (Phi) is 5.28. The van der Waals surface area contributed by atoms with Gasteiger partial charge in [-0.05, 0) is 19.8 Å². The summed E-state index contributed by atoms with van der Waals surface area (Å²) in [5.74, 6) is -1.78. The van der Waals surface area contributed by atoms with Gasteiger partial charge in [0.15, 0.2) is 0 Å². The van der Waals surface area contributed by atoms with Crippen LogP contribution in [0.3, 0.4) is 0 Å². The van der Waals surface area contributed by atoms with Gasteiger partial charge in [0.25, 0.3) is 0 Å². The lowest BCUT2D eigenvalue weighted by atomic mass is 10.1. The lowest BCUT2D eigenvalue weighted by Gasteiger charge is -2.43. The Morgan fingerprint density at radius 2 is 1.64 bits per heavy atom. The molecule has 28 heavy (non-hydrogen) atoms. The summed E-state index contributed by atoms with van der Waals surface area (Å²) in [5, 5.41) is 0. The molecular weight excluding hydrogens is 368 g/mol. The fourth-order valence-corrected chi connectivity index (χ4v) is 4.04. The van der Waals surface area contributed by atoms with Gasteiger partial charge in [-0.15, -0.1) is 0 Å². The topological polar surface area (TPSA) is 150 Å². The number of carbonyl (C=O) groups is 5. The van der Waals surface area contributed by atoms with E-state index in [4.69, 9.17) is 11.5 Å². The number of nitrogens with two attached hydrogens (primary N) is 2. The number of primary amides is 1. The van der Waals surface area contributed by atoms with Gasteiger partial charge < -0.3 is 31.1 Å². The normalized spacial score (nSPS) is 24.0. The Morgan fingerprint density at radius 1 is 1.00 bits per heavy atom. The standard InChI is InChI=1S/C17H26N6O5/c1-11-15(27)20(9-12(19)24)4-6-22(11)14(26)10-21-5-7-23(13(25)8-18)17(2-3-17)16(21)28/h11H,2-10,18H2,1H3,(H2,19,24)/t11-/m0/s1. The molecule has 1 atom stereocenters. The van der Waals surface area contributed by atoms with Gasteiger partial charge in [-0.3, -0.25) is 24.0 Å². The van der Waals surface area contributed by atoms with Gasteiger partial charge in [0.1, 0.15) is 11.6 Å². The maximum Gasteiger partial charge on any atom is 0.249 e. The van der Waals surface area contributed by atoms with E-state index in [1.807, 2.05) is 0 Å². The van der Waals surface area contributed by atoms with E-state index in [1.54, 1.807) is 6.92 Å². The molecule has 3 aliphatic rings. The highest BCUT2D eigenvalue weighted by atomic mass is 16.2. The lowest BCUT2D eigenvalue weighted by molar-refractivity contribution is -0.158. The molecule has 3 fully saturated rings. The summed E-state index contributed by atoms with van der Waals surface area (Å²) in [6, 6.07) is -0.731. The predicted molar refractivity (Wildman–Crippen MR) is 96.3 cm³/mol. The van der Waals surface area contributed by atoms with E-state index < -0.39 is 17.5 Å². The molecule has 0 aromatic rings. The highest BCUT2D eigenvalue weighted by Crippen LogP contribution is 2.45. The average Bonchev–Trinajstić information content (AvgIpc) is 3.43. The molecule has 5 amide bonds. The van der Waals surface area contributed by atoms with Crippen LogP contribution in [0.15, 0.2) is 0 Å². The summed E-state index contributed by atoms with van der Waals surface area (Å²) < 4.78 is 0. The second-order valence-electron chi connectivity index (χ2n) is 7.50. The zero-order valence-electron chi connectivity index (χ0n) is 15.9. The smallest absolute Gasteiger partial charge is 0.249 e. The molecule has 0 unspecified atom stereocenters. The number of amides is 5. The van der Waals surface area contributed by atoms with E-state index in [2.05, 4.69) is 0 Å². The Hall–Kier alpha value is -2.69. The SMILES string of the molecule is C[C@H]1C(=O)N(CC(N)=O)CCN1C(=O)CN1CCN(C(=O)CN)C2(CC2)C1=O. The number of carbonyl (C=O) groups excluding carboxylic acids is 5. The molecule has 0 aromatic carbocycles. The van der Waals surface area contributed by atoms with E-state index in [0.29, 0.717) is 19.4 Å². The van der Waals surface area contributed by atoms with Crippen LogP contribution in [-0.4, -0.2) is 107 Å². The van der Waals surface area contributed by atoms with E-state index in [1.165, 1.54) is 19.6 Å². The maximum absolute atomic E-state index is 12.9. The van der Waals surface area contributed by atoms with Crippen molar-refractivity contribution in [1.29, 1.82) is 0 Å². The Labute approximate surface area is 162 Å². The third-order valence-electron chi connectivity index (χ3n) is 5.74. The van der Waals surface area contributed by atoms with Gasteiger partial charge in [-0.1, -0.05) is 0 Å². The zero-order chi connectivity index (χ0) is 20.6. The Morgan fingerprint density at radius 3 is 2.21 bits per heavy atom. The molecule has 11 nitrogen and oxygen atoms in total. The van der Waals surface area contributed by atoms with Crippen molar-refractivity contribution in [2.75, 3.05) is 45.8 Å². The fourth-order valence-electron chi connectivity index (χ4n) is 4.04. The summed E-state index contributed by atoms with van der Waals surface area (Å²) in [5.41, 5.74) is 9.73. The van der Waals surface area contributed by atoms with Crippen molar-refractivity contribution in [2.24, 2.45) is 11.5 Å². The molecule has 4 N–H and O–H groups in total. The quantitative estimate of drug-likeness (QED) is 0.498. The fraction of sp³-hybridized carbons (Fsp3) is 0.706. The van der Waals surface area contributed by atoms with Crippen LogP contribution in [0.25, 0.3) is 0 Å². The van der Waals surface area contributed by atoms with Crippen LogP contribution in [0, 0.1) is 0 Å². The first-order valence-corrected chi connectivity index (χ1v) is 9.37. The van der Waals surface area contributed by atoms with Crippen LogP contribution in [0.5, 0.6) is 0 Å². The predicted octanol–water partition coefficient (Wildman–Crippen LogP) is -3.31. The van der Waals surface area contributed by atoms with Crippen LogP contribution in [0.4, 0.5) is 0 Å². The monoisotopic (exact) mass is 394 g/mol. The third-order valence-corrected chi connectivity index (χ3v) is 5.74. The zero-order valence-corrected chi connectivity index (χ0v) is 15.9. The maximum atomic E-state index is 12.9. The van der Waals surface area contributed by atoms with Gasteiger partial charge >= 0.3 is 0 Å². The van der Waals surface area contributed by atoms with Crippen LogP contribution >= 0.6 is 0 Å². The van der Waals surface area contributed by atoms with E-state index in [-0.39, 0.29) is 62.9 Å². The van der Waals surface area contributed by atoms with Crippen molar-refractivity contribution in [3.8, 4) is 0 Å². The van der Waals surface area contributed by atoms with Crippen molar-refractivity contribution in [3.05, 3.63) is 0 Å². The van der Waals surface area contributed by atoms with Crippen molar-refractivity contribution in [2.45, 2.75) is 31.3 Å². The molecule has 1 saturated carbocycles. The molecule has 2 saturated heterocycles. The largest absolute Gasteiger partial charge is 0.368 e. The van der Waals surface area contributed by atoms with Gasteiger partial charge in [-0.25, -0.2) is 0 Å². The minimum atomic E-state index is -0.851. The Balaban J connectivity index is 1.63. The molecule has 1 aliphatic carbocycles. The van der Waals surface area contributed by atoms with Gasteiger partial charge in [0.05, 0.1) is 19.6 Å². The molecule has 0 radical (unpaired) electrons. The third kappa shape index (κ3) is 3.41. The second kappa shape index (κ2) is 7.38. The van der Waals surface area contributed by atoms with Crippen molar-refractivity contribution in [1.82, 2.24) is 19.6 Å². The first kappa shape index (κ1) is 20.1. The van der Waals surface area contributed by atoms with Crippen LogP contribution in [0.2, 0.25) is 0 Å². The van der Waals surface area contributed by atoms with E-state index >= 15 is 0 Å². The molecule has 2 aliphatic heterocycles. The van der Waals surface area contributed by atoms with Crippen molar-refractivity contribution < 1.29 is 24.0 Å². The van der Waals surface area contributed by atoms with E-state index in [9.17, 15) is 24.0 Å². The number of rotatable bonds is 5. The molecule has 0 bridgehead atoms. The highest BCUT2D eigenvalue weighted by Gasteiger charge is 2.59. The van der Waals surface area contributed by atoms with Crippen LogP contribution in [0.1, 0.15) is 19.8 Å². The van der Waals surface area contributed by atoms with Crippen LogP contribution in [-0.2, 0) is 24.0 Å². The van der Waals surface area contributed by atoms with Crippen molar-refractivity contribution >= 4 is 29.5 Å². The average molecular weight is 394 g/mol. The Bertz CT molecular complexity index is 721. The van der Waals surface area contributed by atoms with Crippen LogP contribution < -0.4 is 11.5 Å². The summed E-state index contributed by atoms with van der Waals surface area (Å²) in [4.78, 5) is 66.8. The first-order chi connectivity index (χ1) is 13.2. The number of hydrogen-bond acceptors (Lipinski definition) is 6. The molecule has 2 heterocycles. The minimum Gasteiger partial charge on any atom is -0.368 e. The van der Waals surface area contributed by atoms with Gasteiger partial charge in [-0.2, -0.15) is 0 Å². The lowest BCUT2D eigenvalue weighted by Crippen LogP contribution is -2.64. The molecule has 0 aromatic heterocycles. The molecular formula is C17H26N6O5. The summed E-state index contributed by atoms with van der Waals surface area (Å²) in [6.07, 6.45) is 1.14. The molecule has 11 heteroatoms. The summed E-state index contributed by atoms with van der Waals surface area (Å²) in [6.45, 7) is 2.21. The van der Waals surface area contributed by atoms with E-state index in [0.717, 1.165) is 0 Å².